The number of aryl methyl sites for hydroxylation is 1. The maximum Gasteiger partial charge on any atom is 0.241 e. The van der Waals surface area contributed by atoms with Gasteiger partial charge in [0, 0.05) is 29.9 Å². The molecule has 0 saturated carbocycles. The van der Waals surface area contributed by atoms with E-state index in [1.54, 1.807) is 18.0 Å². The SMILES string of the molecule is COc1nnc(N=C(c2ccccc2)c2ccccc2)cc1-c1cnn(C)c1. The lowest BCUT2D eigenvalue weighted by molar-refractivity contribution is 0.394. The summed E-state index contributed by atoms with van der Waals surface area (Å²) in [7, 11) is 3.44. The highest BCUT2D eigenvalue weighted by molar-refractivity contribution is 6.13. The molecule has 0 bridgehead atoms. The van der Waals surface area contributed by atoms with Crippen LogP contribution in [0.15, 0.2) is 84.1 Å². The number of hydrogen-bond donors (Lipinski definition) is 0. The number of hydrogen-bond acceptors (Lipinski definition) is 5. The fraction of sp³-hybridized carbons (Fsp3) is 0.0909. The predicted molar refractivity (Wildman–Crippen MR) is 109 cm³/mol. The van der Waals surface area contributed by atoms with Gasteiger partial charge >= 0.3 is 0 Å². The molecule has 2 aromatic heterocycles. The van der Waals surface area contributed by atoms with Crippen LogP contribution in [0.3, 0.4) is 0 Å². The molecule has 4 rings (SSSR count). The van der Waals surface area contributed by atoms with E-state index < -0.39 is 0 Å². The van der Waals surface area contributed by atoms with Crippen LogP contribution in [0.4, 0.5) is 5.82 Å². The predicted octanol–water partition coefficient (Wildman–Crippen LogP) is 4.05. The second-order valence-electron chi connectivity index (χ2n) is 6.22. The van der Waals surface area contributed by atoms with Crippen molar-refractivity contribution in [3.8, 4) is 17.0 Å². The molecule has 0 fully saturated rings. The zero-order valence-electron chi connectivity index (χ0n) is 15.6. The van der Waals surface area contributed by atoms with Gasteiger partial charge in [0.2, 0.25) is 5.88 Å². The molecule has 2 heterocycles. The summed E-state index contributed by atoms with van der Waals surface area (Å²) in [5, 5.41) is 12.7. The van der Waals surface area contributed by atoms with Gasteiger partial charge in [-0.15, -0.1) is 10.2 Å². The first kappa shape index (κ1) is 17.6. The van der Waals surface area contributed by atoms with E-state index in [1.165, 1.54) is 0 Å². The number of benzene rings is 2. The average Bonchev–Trinajstić information content (AvgIpc) is 3.19. The van der Waals surface area contributed by atoms with Crippen LogP contribution >= 0.6 is 0 Å². The Balaban J connectivity index is 1.85. The van der Waals surface area contributed by atoms with E-state index in [1.807, 2.05) is 80.0 Å². The van der Waals surface area contributed by atoms with Gasteiger partial charge in [-0.1, -0.05) is 60.7 Å². The minimum Gasteiger partial charge on any atom is -0.479 e. The summed E-state index contributed by atoms with van der Waals surface area (Å²) in [6.45, 7) is 0. The molecule has 0 aliphatic carbocycles. The second-order valence-corrected chi connectivity index (χ2v) is 6.22. The van der Waals surface area contributed by atoms with Crippen LogP contribution in [0.2, 0.25) is 0 Å². The molecule has 0 amide bonds. The Morgan fingerprint density at radius 1 is 0.929 bits per heavy atom. The van der Waals surface area contributed by atoms with Crippen LogP contribution in [-0.4, -0.2) is 32.8 Å². The molecule has 0 aliphatic rings. The maximum absolute atomic E-state index is 5.38. The van der Waals surface area contributed by atoms with Gasteiger partial charge in [0.1, 0.15) is 0 Å². The molecular weight excluding hydrogens is 350 g/mol. The lowest BCUT2D eigenvalue weighted by Gasteiger charge is -2.09. The highest BCUT2D eigenvalue weighted by Gasteiger charge is 2.13. The topological polar surface area (TPSA) is 65.2 Å². The van der Waals surface area contributed by atoms with Crippen molar-refractivity contribution in [1.29, 1.82) is 0 Å². The average molecular weight is 369 g/mol. The Kier molecular flexibility index (Phi) is 4.93. The first-order valence-electron chi connectivity index (χ1n) is 8.85. The number of aliphatic imine (C=N–C) groups is 1. The van der Waals surface area contributed by atoms with Crippen LogP contribution in [0.1, 0.15) is 11.1 Å². The van der Waals surface area contributed by atoms with Gasteiger partial charge in [0.25, 0.3) is 0 Å². The fourth-order valence-corrected chi connectivity index (χ4v) is 2.95. The van der Waals surface area contributed by atoms with Gasteiger partial charge in [-0.2, -0.15) is 5.10 Å². The smallest absolute Gasteiger partial charge is 0.241 e. The number of ether oxygens (including phenoxy) is 1. The van der Waals surface area contributed by atoms with Crippen molar-refractivity contribution in [3.05, 3.63) is 90.3 Å². The van der Waals surface area contributed by atoms with Crippen molar-refractivity contribution < 1.29 is 4.74 Å². The monoisotopic (exact) mass is 369 g/mol. The van der Waals surface area contributed by atoms with E-state index in [9.17, 15) is 0 Å². The second kappa shape index (κ2) is 7.84. The molecule has 0 saturated heterocycles. The zero-order chi connectivity index (χ0) is 19.3. The van der Waals surface area contributed by atoms with E-state index >= 15 is 0 Å². The maximum atomic E-state index is 5.38. The van der Waals surface area contributed by atoms with Gasteiger partial charge in [-0.05, 0) is 6.07 Å². The molecular formula is C22H19N5O. The van der Waals surface area contributed by atoms with Gasteiger partial charge in [0.05, 0.1) is 24.6 Å². The Bertz CT molecular complexity index is 1060. The van der Waals surface area contributed by atoms with E-state index in [0.717, 1.165) is 28.0 Å². The molecule has 6 nitrogen and oxygen atoms in total. The minimum atomic E-state index is 0.438. The zero-order valence-corrected chi connectivity index (χ0v) is 15.6. The molecule has 28 heavy (non-hydrogen) atoms. The van der Waals surface area contributed by atoms with Crippen molar-refractivity contribution in [2.75, 3.05) is 7.11 Å². The first-order valence-corrected chi connectivity index (χ1v) is 8.85. The third-order valence-corrected chi connectivity index (χ3v) is 4.28. The molecule has 6 heteroatoms. The third kappa shape index (κ3) is 3.66. The molecule has 0 aliphatic heterocycles. The normalized spacial score (nSPS) is 10.5. The highest BCUT2D eigenvalue weighted by atomic mass is 16.5. The van der Waals surface area contributed by atoms with Gasteiger partial charge in [-0.3, -0.25) is 4.68 Å². The van der Waals surface area contributed by atoms with Crippen molar-refractivity contribution in [1.82, 2.24) is 20.0 Å². The van der Waals surface area contributed by atoms with Crippen LogP contribution in [-0.2, 0) is 7.05 Å². The van der Waals surface area contributed by atoms with Crippen LogP contribution in [0, 0.1) is 0 Å². The summed E-state index contributed by atoms with van der Waals surface area (Å²) in [6, 6.07) is 22.0. The Hall–Kier alpha value is -3.80. The standard InChI is InChI=1S/C22H19N5O/c1-27-15-18(14-23-27)19-13-20(25-26-22(19)28-2)24-21(16-9-5-3-6-10-16)17-11-7-4-8-12-17/h3-15H,1-2H3. The van der Waals surface area contributed by atoms with E-state index in [-0.39, 0.29) is 0 Å². The highest BCUT2D eigenvalue weighted by Crippen LogP contribution is 2.30. The van der Waals surface area contributed by atoms with E-state index in [4.69, 9.17) is 9.73 Å². The van der Waals surface area contributed by atoms with Crippen LogP contribution in [0.5, 0.6) is 5.88 Å². The summed E-state index contributed by atoms with van der Waals surface area (Å²) >= 11 is 0. The summed E-state index contributed by atoms with van der Waals surface area (Å²) in [4.78, 5) is 4.83. The minimum absolute atomic E-state index is 0.438. The quantitative estimate of drug-likeness (QED) is 0.498. The molecule has 0 N–H and O–H groups in total. The van der Waals surface area contributed by atoms with Crippen molar-refractivity contribution in [3.63, 3.8) is 0 Å². The van der Waals surface area contributed by atoms with Crippen LogP contribution < -0.4 is 4.74 Å². The number of methoxy groups -OCH3 is 1. The largest absolute Gasteiger partial charge is 0.479 e. The van der Waals surface area contributed by atoms with Gasteiger partial charge < -0.3 is 4.74 Å². The summed E-state index contributed by atoms with van der Waals surface area (Å²) in [5.41, 5.74) is 4.54. The Morgan fingerprint density at radius 3 is 2.11 bits per heavy atom. The molecule has 4 aromatic rings. The third-order valence-electron chi connectivity index (χ3n) is 4.28. The van der Waals surface area contributed by atoms with Gasteiger partial charge in [-0.25, -0.2) is 4.99 Å². The summed E-state index contributed by atoms with van der Waals surface area (Å²) in [5.74, 6) is 0.940. The van der Waals surface area contributed by atoms with E-state index in [0.29, 0.717) is 11.7 Å². The lowest BCUT2D eigenvalue weighted by atomic mass is 10.0. The molecule has 0 atom stereocenters. The van der Waals surface area contributed by atoms with Crippen LogP contribution in [0.25, 0.3) is 11.1 Å². The molecule has 2 aromatic carbocycles. The Labute approximate surface area is 163 Å². The molecule has 138 valence electrons. The summed E-state index contributed by atoms with van der Waals surface area (Å²) in [6.07, 6.45) is 3.67. The lowest BCUT2D eigenvalue weighted by Crippen LogP contribution is -2.03. The number of aromatic nitrogens is 4. The molecule has 0 unspecified atom stereocenters. The van der Waals surface area contributed by atoms with Crippen molar-refractivity contribution in [2.24, 2.45) is 12.0 Å². The fourth-order valence-electron chi connectivity index (χ4n) is 2.95. The molecule has 0 spiro atoms. The van der Waals surface area contributed by atoms with E-state index in [2.05, 4.69) is 15.3 Å². The number of rotatable bonds is 5. The van der Waals surface area contributed by atoms with Crippen molar-refractivity contribution in [2.45, 2.75) is 0 Å². The number of nitrogens with zero attached hydrogens (tertiary/aromatic N) is 5. The molecule has 0 radical (unpaired) electrons. The Morgan fingerprint density at radius 2 is 1.57 bits per heavy atom. The first-order chi connectivity index (χ1) is 13.7. The van der Waals surface area contributed by atoms with Crippen molar-refractivity contribution >= 4 is 11.5 Å². The summed E-state index contributed by atoms with van der Waals surface area (Å²) < 4.78 is 7.11. The van der Waals surface area contributed by atoms with Gasteiger partial charge in [0.15, 0.2) is 5.82 Å².